The summed E-state index contributed by atoms with van der Waals surface area (Å²) in [6.45, 7) is 8.61. The monoisotopic (exact) mass is 492 g/mol. The highest BCUT2D eigenvalue weighted by Crippen LogP contribution is 2.54. The van der Waals surface area contributed by atoms with Crippen molar-refractivity contribution in [2.75, 3.05) is 11.5 Å². The Morgan fingerprint density at radius 3 is 1.32 bits per heavy atom. The van der Waals surface area contributed by atoms with E-state index in [4.69, 9.17) is 20.9 Å². The molecule has 0 heterocycles. The zero-order chi connectivity index (χ0) is 26.2. The van der Waals surface area contributed by atoms with Gasteiger partial charge in [0.25, 0.3) is 0 Å². The minimum Gasteiger partial charge on any atom is -0.457 e. The average molecular weight is 493 g/mol. The highest BCUT2D eigenvalue weighted by atomic mass is 16.5. The van der Waals surface area contributed by atoms with Crippen LogP contribution in [-0.2, 0) is 5.41 Å². The fraction of sp³-hybridized carbons (Fsp3) is 0.273. The second-order valence-corrected chi connectivity index (χ2v) is 10.5. The third kappa shape index (κ3) is 4.89. The van der Waals surface area contributed by atoms with Crippen molar-refractivity contribution >= 4 is 11.4 Å². The number of hydrogen-bond acceptors (Lipinski definition) is 4. The van der Waals surface area contributed by atoms with E-state index in [-0.39, 0.29) is 5.41 Å². The maximum Gasteiger partial charge on any atom is 0.134 e. The van der Waals surface area contributed by atoms with Crippen molar-refractivity contribution in [2.45, 2.75) is 58.8 Å². The lowest BCUT2D eigenvalue weighted by Gasteiger charge is -2.35. The molecule has 4 aromatic carbocycles. The normalized spacial score (nSPS) is 14.5. The van der Waals surface area contributed by atoms with Crippen LogP contribution < -0.4 is 20.9 Å². The van der Waals surface area contributed by atoms with Crippen molar-refractivity contribution in [1.29, 1.82) is 0 Å². The van der Waals surface area contributed by atoms with Crippen molar-refractivity contribution in [1.82, 2.24) is 0 Å². The van der Waals surface area contributed by atoms with E-state index >= 15 is 0 Å². The Kier molecular flexibility index (Phi) is 6.59. The number of ether oxygens (including phenoxy) is 2. The predicted molar refractivity (Wildman–Crippen MR) is 153 cm³/mol. The minimum absolute atomic E-state index is 0.222. The van der Waals surface area contributed by atoms with E-state index in [9.17, 15) is 0 Å². The number of hydrogen-bond donors (Lipinski definition) is 2. The molecule has 0 bridgehead atoms. The number of rotatable bonds is 6. The van der Waals surface area contributed by atoms with Crippen LogP contribution in [0.2, 0.25) is 0 Å². The topological polar surface area (TPSA) is 70.5 Å². The van der Waals surface area contributed by atoms with Gasteiger partial charge in [0, 0.05) is 27.9 Å². The Morgan fingerprint density at radius 1 is 0.568 bits per heavy atom. The van der Waals surface area contributed by atoms with Crippen LogP contribution in [0, 0.1) is 27.7 Å². The maximum atomic E-state index is 6.63. The molecule has 0 spiro atoms. The van der Waals surface area contributed by atoms with Crippen LogP contribution in [0.25, 0.3) is 0 Å². The first-order valence-electron chi connectivity index (χ1n) is 13.1. The van der Waals surface area contributed by atoms with E-state index in [0.29, 0.717) is 0 Å². The molecule has 0 radical (unpaired) electrons. The summed E-state index contributed by atoms with van der Waals surface area (Å²) >= 11 is 0. The third-order valence-electron chi connectivity index (χ3n) is 7.53. The Bertz CT molecular complexity index is 1310. The van der Waals surface area contributed by atoms with Crippen LogP contribution >= 0.6 is 0 Å². The first-order valence-corrected chi connectivity index (χ1v) is 13.1. The first-order chi connectivity index (χ1) is 17.7. The molecule has 1 aliphatic carbocycles. The Hall–Kier alpha value is -3.92. The van der Waals surface area contributed by atoms with E-state index in [1.807, 2.05) is 48.5 Å². The lowest BCUT2D eigenvalue weighted by Crippen LogP contribution is -2.26. The molecule has 5 rings (SSSR count). The van der Waals surface area contributed by atoms with Crippen LogP contribution in [0.15, 0.2) is 72.8 Å². The van der Waals surface area contributed by atoms with Crippen molar-refractivity contribution < 1.29 is 9.47 Å². The molecule has 4 aromatic rings. The lowest BCUT2D eigenvalue weighted by molar-refractivity contribution is 0.421. The molecule has 190 valence electrons. The van der Waals surface area contributed by atoms with Crippen molar-refractivity contribution in [3.05, 3.63) is 106 Å². The van der Waals surface area contributed by atoms with E-state index in [2.05, 4.69) is 52.0 Å². The fourth-order valence-corrected chi connectivity index (χ4v) is 5.86. The summed E-state index contributed by atoms with van der Waals surface area (Å²) in [7, 11) is 0. The van der Waals surface area contributed by atoms with Gasteiger partial charge in [-0.25, -0.2) is 0 Å². The van der Waals surface area contributed by atoms with Gasteiger partial charge in [0.2, 0.25) is 0 Å². The van der Waals surface area contributed by atoms with Crippen LogP contribution in [-0.4, -0.2) is 0 Å². The number of benzene rings is 4. The third-order valence-corrected chi connectivity index (χ3v) is 7.53. The summed E-state index contributed by atoms with van der Waals surface area (Å²) in [6.07, 6.45) is 4.38. The molecule has 0 atom stereocenters. The maximum absolute atomic E-state index is 6.63. The van der Waals surface area contributed by atoms with Crippen LogP contribution in [0.3, 0.4) is 0 Å². The molecule has 4 nitrogen and oxygen atoms in total. The molecule has 1 aliphatic rings. The first kappa shape index (κ1) is 24.8. The minimum atomic E-state index is -0.222. The fourth-order valence-electron chi connectivity index (χ4n) is 5.86. The molecule has 0 unspecified atom stereocenters. The van der Waals surface area contributed by atoms with E-state index in [1.54, 1.807) is 0 Å². The second-order valence-electron chi connectivity index (χ2n) is 10.5. The molecular weight excluding hydrogens is 456 g/mol. The summed E-state index contributed by atoms with van der Waals surface area (Å²) in [6, 6.07) is 24.3. The molecule has 4 N–H and O–H groups in total. The van der Waals surface area contributed by atoms with Crippen LogP contribution in [0.1, 0.15) is 59.1 Å². The number of nitrogen functional groups attached to an aromatic ring is 2. The molecule has 0 saturated heterocycles. The van der Waals surface area contributed by atoms with Gasteiger partial charge in [0.05, 0.1) is 0 Å². The summed E-state index contributed by atoms with van der Waals surface area (Å²) < 4.78 is 13.3. The zero-order valence-electron chi connectivity index (χ0n) is 22.2. The van der Waals surface area contributed by atoms with Gasteiger partial charge >= 0.3 is 0 Å². The van der Waals surface area contributed by atoms with Crippen molar-refractivity contribution in [3.8, 4) is 23.0 Å². The van der Waals surface area contributed by atoms with Crippen LogP contribution in [0.4, 0.5) is 11.4 Å². The van der Waals surface area contributed by atoms with Gasteiger partial charge in [-0.05, 0) is 100 Å². The molecule has 0 aromatic heterocycles. The van der Waals surface area contributed by atoms with Gasteiger partial charge in [-0.15, -0.1) is 0 Å². The van der Waals surface area contributed by atoms with E-state index in [1.165, 1.54) is 22.3 Å². The van der Waals surface area contributed by atoms with Gasteiger partial charge in [-0.3, -0.25) is 0 Å². The van der Waals surface area contributed by atoms with Gasteiger partial charge in [0.15, 0.2) is 0 Å². The van der Waals surface area contributed by atoms with Gasteiger partial charge in [-0.2, -0.15) is 0 Å². The summed E-state index contributed by atoms with van der Waals surface area (Å²) in [5.74, 6) is 3.42. The van der Waals surface area contributed by atoms with Crippen molar-refractivity contribution in [3.63, 3.8) is 0 Å². The van der Waals surface area contributed by atoms with Crippen molar-refractivity contribution in [2.24, 2.45) is 0 Å². The SMILES string of the molecule is Cc1cc(C)c(Oc2ccc(N)cc2)c(C2(c3cc(C)cc(C)c3Oc3ccc(N)cc3)CCCC2)c1. The second kappa shape index (κ2) is 9.85. The summed E-state index contributed by atoms with van der Waals surface area (Å²) in [5, 5.41) is 0. The molecular formula is C33H36N2O2. The van der Waals surface area contributed by atoms with E-state index < -0.39 is 0 Å². The Balaban J connectivity index is 1.70. The molecule has 1 saturated carbocycles. The lowest BCUT2D eigenvalue weighted by atomic mass is 9.70. The Morgan fingerprint density at radius 2 is 0.946 bits per heavy atom. The van der Waals surface area contributed by atoms with Crippen LogP contribution in [0.5, 0.6) is 23.0 Å². The smallest absolute Gasteiger partial charge is 0.134 e. The highest BCUT2D eigenvalue weighted by molar-refractivity contribution is 5.60. The number of aryl methyl sites for hydroxylation is 4. The average Bonchev–Trinajstić information content (AvgIpc) is 3.35. The molecule has 4 heteroatoms. The number of nitrogens with two attached hydrogens (primary N) is 2. The summed E-state index contributed by atoms with van der Waals surface area (Å²) in [5.41, 5.74) is 20.3. The quantitative estimate of drug-likeness (QED) is 0.265. The van der Waals surface area contributed by atoms with Gasteiger partial charge in [0.1, 0.15) is 23.0 Å². The molecule has 1 fully saturated rings. The van der Waals surface area contributed by atoms with E-state index in [0.717, 1.165) is 71.2 Å². The largest absolute Gasteiger partial charge is 0.457 e. The molecule has 37 heavy (non-hydrogen) atoms. The molecule has 0 amide bonds. The Labute approximate surface area is 220 Å². The zero-order valence-corrected chi connectivity index (χ0v) is 22.2. The molecule has 0 aliphatic heterocycles. The standard InChI is InChI=1S/C33H36N2O2/c1-21-17-23(3)31(36-27-11-7-25(34)8-12-27)29(19-21)33(15-5-6-16-33)30-20-22(2)18-24(4)32(30)37-28-13-9-26(35)10-14-28/h7-14,17-20H,5-6,15-16,34-35H2,1-4H3. The van der Waals surface area contributed by atoms with Gasteiger partial charge in [-0.1, -0.05) is 48.2 Å². The van der Waals surface area contributed by atoms with Gasteiger partial charge < -0.3 is 20.9 Å². The predicted octanol–water partition coefficient (Wildman–Crippen LogP) is 8.53. The number of anilines is 2. The highest BCUT2D eigenvalue weighted by Gasteiger charge is 2.43. The summed E-state index contributed by atoms with van der Waals surface area (Å²) in [4.78, 5) is 0.